The van der Waals surface area contributed by atoms with Gasteiger partial charge in [-0.1, -0.05) is 19.0 Å². The number of aromatic nitrogens is 3. The maximum atomic E-state index is 12.2. The zero-order valence-electron chi connectivity index (χ0n) is 14.7. The van der Waals surface area contributed by atoms with Crippen LogP contribution in [-0.4, -0.2) is 46.1 Å². The number of likely N-dealkylation sites (tertiary alicyclic amines) is 1. The van der Waals surface area contributed by atoms with E-state index < -0.39 is 0 Å². The zero-order valence-corrected chi connectivity index (χ0v) is 16.3. The fourth-order valence-electron chi connectivity index (χ4n) is 2.94. The van der Waals surface area contributed by atoms with Gasteiger partial charge in [-0.25, -0.2) is 4.98 Å². The van der Waals surface area contributed by atoms with Crippen LogP contribution >= 0.6 is 15.9 Å². The van der Waals surface area contributed by atoms with Gasteiger partial charge in [0.05, 0.1) is 24.3 Å². The van der Waals surface area contributed by atoms with Gasteiger partial charge in [0.25, 0.3) is 0 Å². The van der Waals surface area contributed by atoms with Gasteiger partial charge in [-0.2, -0.15) is 4.98 Å². The maximum Gasteiger partial charge on any atom is 0.232 e. The van der Waals surface area contributed by atoms with Gasteiger partial charge in [0.15, 0.2) is 0 Å². The van der Waals surface area contributed by atoms with Gasteiger partial charge in [0.1, 0.15) is 0 Å². The number of nitrogens with zero attached hydrogens (tertiary/aromatic N) is 4. The molecule has 1 aliphatic heterocycles. The summed E-state index contributed by atoms with van der Waals surface area (Å²) in [4.78, 5) is 22.9. The molecule has 0 radical (unpaired) electrons. The first-order valence-corrected chi connectivity index (χ1v) is 9.01. The van der Waals surface area contributed by atoms with Crippen LogP contribution in [0.2, 0.25) is 0 Å². The van der Waals surface area contributed by atoms with Gasteiger partial charge in [-0.05, 0) is 34.8 Å². The van der Waals surface area contributed by atoms with Gasteiger partial charge >= 0.3 is 0 Å². The summed E-state index contributed by atoms with van der Waals surface area (Å²) < 4.78 is 11.6. The van der Waals surface area contributed by atoms with Crippen LogP contribution in [0, 0.1) is 12.8 Å². The minimum atomic E-state index is -0.0691. The van der Waals surface area contributed by atoms with Crippen LogP contribution in [-0.2, 0) is 4.79 Å². The highest BCUT2D eigenvalue weighted by Crippen LogP contribution is 2.33. The number of pyridine rings is 1. The van der Waals surface area contributed by atoms with Crippen LogP contribution in [0.25, 0.3) is 11.4 Å². The molecule has 1 aliphatic rings. The van der Waals surface area contributed by atoms with Crippen molar-refractivity contribution in [3.63, 3.8) is 0 Å². The molecule has 7 nitrogen and oxygen atoms in total. The molecule has 1 saturated heterocycles. The van der Waals surface area contributed by atoms with E-state index in [-0.39, 0.29) is 11.8 Å². The quantitative estimate of drug-likeness (QED) is 0.755. The van der Waals surface area contributed by atoms with E-state index in [1.165, 1.54) is 0 Å². The number of hydrogen-bond acceptors (Lipinski definition) is 6. The number of rotatable bonds is 5. The molecule has 0 aliphatic carbocycles. The molecule has 134 valence electrons. The number of carbonyl (C=O) groups excluding carboxylic acids is 1. The largest absolute Gasteiger partial charge is 0.480 e. The Bertz CT molecular complexity index is 790. The van der Waals surface area contributed by atoms with Gasteiger partial charge < -0.3 is 14.2 Å². The number of carbonyl (C=O) groups is 1. The van der Waals surface area contributed by atoms with Gasteiger partial charge in [-0.15, -0.1) is 0 Å². The van der Waals surface area contributed by atoms with Crippen molar-refractivity contribution in [1.82, 2.24) is 20.0 Å². The average molecular weight is 409 g/mol. The predicted molar refractivity (Wildman–Crippen MR) is 95.3 cm³/mol. The topological polar surface area (TPSA) is 81.3 Å². The Morgan fingerprint density at radius 1 is 1.44 bits per heavy atom. The van der Waals surface area contributed by atoms with E-state index >= 15 is 0 Å². The smallest absolute Gasteiger partial charge is 0.232 e. The highest BCUT2D eigenvalue weighted by Gasteiger charge is 2.34. The molecule has 3 heterocycles. The molecule has 3 rings (SSSR count). The number of halogens is 1. The molecule has 1 atom stereocenters. The lowest BCUT2D eigenvalue weighted by Crippen LogP contribution is -2.29. The number of aryl methyl sites for hydroxylation is 1. The Morgan fingerprint density at radius 2 is 2.20 bits per heavy atom. The fourth-order valence-corrected chi connectivity index (χ4v) is 3.26. The van der Waals surface area contributed by atoms with E-state index in [0.29, 0.717) is 42.0 Å². The zero-order chi connectivity index (χ0) is 18.1. The second-order valence-corrected chi connectivity index (χ2v) is 7.52. The summed E-state index contributed by atoms with van der Waals surface area (Å²) in [5, 5.41) is 4.06. The van der Waals surface area contributed by atoms with Gasteiger partial charge in [-0.3, -0.25) is 4.79 Å². The summed E-state index contributed by atoms with van der Waals surface area (Å²) in [6, 6.07) is 1.86. The van der Waals surface area contributed by atoms with Crippen molar-refractivity contribution in [2.24, 2.45) is 5.92 Å². The van der Waals surface area contributed by atoms with Crippen molar-refractivity contribution in [2.45, 2.75) is 33.1 Å². The third kappa shape index (κ3) is 3.68. The Kier molecular flexibility index (Phi) is 5.08. The minimum Gasteiger partial charge on any atom is -0.480 e. The Labute approximate surface area is 154 Å². The summed E-state index contributed by atoms with van der Waals surface area (Å²) in [5.74, 6) is 1.83. The molecule has 2 aromatic heterocycles. The Hall–Kier alpha value is -1.96. The van der Waals surface area contributed by atoms with Crippen LogP contribution in [0.1, 0.15) is 37.8 Å². The lowest BCUT2D eigenvalue weighted by Gasteiger charge is -2.18. The van der Waals surface area contributed by atoms with E-state index in [4.69, 9.17) is 9.26 Å². The van der Waals surface area contributed by atoms with Crippen molar-refractivity contribution in [3.8, 4) is 17.3 Å². The third-order valence-corrected chi connectivity index (χ3v) is 4.94. The predicted octanol–water partition coefficient (Wildman–Crippen LogP) is 3.18. The Balaban J connectivity index is 1.84. The average Bonchev–Trinajstić information content (AvgIpc) is 3.17. The standard InChI is InChI=1S/C17H21BrN4O3/c1-9(2)7-22-8-11(5-14(22)23)16-20-15(21-25-16)12-6-13(18)10(3)19-17(12)24-4/h6,9,11H,5,7-8H2,1-4H3. The van der Waals surface area contributed by atoms with Crippen LogP contribution in [0.4, 0.5) is 0 Å². The van der Waals surface area contributed by atoms with Crippen molar-refractivity contribution in [3.05, 3.63) is 22.1 Å². The minimum absolute atomic E-state index is 0.0691. The van der Waals surface area contributed by atoms with Crippen molar-refractivity contribution >= 4 is 21.8 Å². The molecular weight excluding hydrogens is 388 g/mol. The molecule has 8 heteroatoms. The summed E-state index contributed by atoms with van der Waals surface area (Å²) >= 11 is 3.46. The van der Waals surface area contributed by atoms with Crippen LogP contribution in [0.15, 0.2) is 15.1 Å². The number of ether oxygens (including phenoxy) is 1. The molecule has 0 bridgehead atoms. The molecule has 0 saturated carbocycles. The number of amides is 1. The molecule has 25 heavy (non-hydrogen) atoms. The van der Waals surface area contributed by atoms with E-state index in [2.05, 4.69) is 44.9 Å². The Morgan fingerprint density at radius 3 is 2.88 bits per heavy atom. The van der Waals surface area contributed by atoms with Crippen LogP contribution in [0.3, 0.4) is 0 Å². The highest BCUT2D eigenvalue weighted by molar-refractivity contribution is 9.10. The molecular formula is C17H21BrN4O3. The van der Waals surface area contributed by atoms with Gasteiger partial charge in [0, 0.05) is 24.0 Å². The van der Waals surface area contributed by atoms with Gasteiger partial charge in [0.2, 0.25) is 23.5 Å². The van der Waals surface area contributed by atoms with E-state index in [9.17, 15) is 4.79 Å². The van der Waals surface area contributed by atoms with Crippen LogP contribution in [0.5, 0.6) is 5.88 Å². The fraction of sp³-hybridized carbons (Fsp3) is 0.529. The number of methoxy groups -OCH3 is 1. The maximum absolute atomic E-state index is 12.2. The van der Waals surface area contributed by atoms with E-state index in [1.807, 2.05) is 17.9 Å². The monoisotopic (exact) mass is 408 g/mol. The van der Waals surface area contributed by atoms with Crippen molar-refractivity contribution < 1.29 is 14.1 Å². The van der Waals surface area contributed by atoms with Crippen LogP contribution < -0.4 is 4.74 Å². The third-order valence-electron chi connectivity index (χ3n) is 4.14. The SMILES string of the molecule is COc1nc(C)c(Br)cc1-c1noc(C2CC(=O)N(CC(C)C)C2)n1. The summed E-state index contributed by atoms with van der Waals surface area (Å²) in [6.45, 7) is 7.44. The lowest BCUT2D eigenvalue weighted by molar-refractivity contribution is -0.128. The molecule has 1 fully saturated rings. The first-order chi connectivity index (χ1) is 11.9. The number of hydrogen-bond donors (Lipinski definition) is 0. The second-order valence-electron chi connectivity index (χ2n) is 6.66. The molecule has 1 unspecified atom stereocenters. The first kappa shape index (κ1) is 17.8. The molecule has 0 spiro atoms. The summed E-state index contributed by atoms with van der Waals surface area (Å²) in [6.07, 6.45) is 0.404. The van der Waals surface area contributed by atoms with E-state index in [0.717, 1.165) is 16.7 Å². The lowest BCUT2D eigenvalue weighted by atomic mass is 10.1. The highest BCUT2D eigenvalue weighted by atomic mass is 79.9. The van der Waals surface area contributed by atoms with Crippen molar-refractivity contribution in [1.29, 1.82) is 0 Å². The summed E-state index contributed by atoms with van der Waals surface area (Å²) in [5.41, 5.74) is 1.47. The van der Waals surface area contributed by atoms with E-state index in [1.54, 1.807) is 7.11 Å². The molecule has 2 aromatic rings. The second kappa shape index (κ2) is 7.11. The van der Waals surface area contributed by atoms with Crippen molar-refractivity contribution in [2.75, 3.05) is 20.2 Å². The summed E-state index contributed by atoms with van der Waals surface area (Å²) in [7, 11) is 1.56. The molecule has 1 amide bonds. The first-order valence-electron chi connectivity index (χ1n) is 8.22. The normalized spacial score (nSPS) is 17.6. The molecule has 0 aromatic carbocycles. The molecule has 0 N–H and O–H groups in total.